The Morgan fingerprint density at radius 1 is 1.24 bits per heavy atom. The third-order valence-corrected chi connectivity index (χ3v) is 5.10. The molecular weight excluding hydrogens is 286 g/mol. The summed E-state index contributed by atoms with van der Waals surface area (Å²) in [4.78, 5) is 23.9. The minimum absolute atomic E-state index is 0.207. The molecule has 1 aliphatic heterocycles. The third kappa shape index (κ3) is 3.59. The SMILES string of the molecule is Cc1cccc(C)c1CC(=O)NC1(C(=O)O)CCSCC1. The minimum atomic E-state index is -1.08. The van der Waals surface area contributed by atoms with Gasteiger partial charge in [-0.25, -0.2) is 4.79 Å². The molecule has 1 aromatic rings. The molecule has 0 atom stereocenters. The van der Waals surface area contributed by atoms with Gasteiger partial charge >= 0.3 is 5.97 Å². The first-order valence-corrected chi connectivity index (χ1v) is 8.27. The second-order valence-corrected chi connectivity index (χ2v) is 6.82. The van der Waals surface area contributed by atoms with Crippen LogP contribution in [0.4, 0.5) is 0 Å². The molecule has 2 N–H and O–H groups in total. The van der Waals surface area contributed by atoms with Crippen LogP contribution in [0.3, 0.4) is 0 Å². The normalized spacial score (nSPS) is 17.2. The number of amides is 1. The van der Waals surface area contributed by atoms with E-state index in [1.807, 2.05) is 32.0 Å². The van der Waals surface area contributed by atoms with E-state index in [2.05, 4.69) is 5.32 Å². The second-order valence-electron chi connectivity index (χ2n) is 5.59. The van der Waals surface area contributed by atoms with Crippen LogP contribution in [0.2, 0.25) is 0 Å². The maximum absolute atomic E-state index is 12.3. The van der Waals surface area contributed by atoms with Crippen LogP contribution in [0.15, 0.2) is 18.2 Å². The minimum Gasteiger partial charge on any atom is -0.480 e. The van der Waals surface area contributed by atoms with Crippen LogP contribution in [-0.2, 0) is 16.0 Å². The summed E-state index contributed by atoms with van der Waals surface area (Å²) in [5.41, 5.74) is 2.03. The topological polar surface area (TPSA) is 66.4 Å². The van der Waals surface area contributed by atoms with Crippen molar-refractivity contribution in [1.29, 1.82) is 0 Å². The first-order chi connectivity index (χ1) is 9.94. The lowest BCUT2D eigenvalue weighted by molar-refractivity contribution is -0.148. The van der Waals surface area contributed by atoms with Crippen molar-refractivity contribution >= 4 is 23.6 Å². The van der Waals surface area contributed by atoms with Crippen LogP contribution < -0.4 is 5.32 Å². The molecule has 1 aromatic carbocycles. The molecule has 0 aliphatic carbocycles. The van der Waals surface area contributed by atoms with Gasteiger partial charge in [0.05, 0.1) is 6.42 Å². The molecule has 21 heavy (non-hydrogen) atoms. The van der Waals surface area contributed by atoms with E-state index in [0.29, 0.717) is 12.8 Å². The number of aryl methyl sites for hydroxylation is 2. The van der Waals surface area contributed by atoms with Crippen molar-refractivity contribution in [1.82, 2.24) is 5.32 Å². The Labute approximate surface area is 129 Å². The Morgan fingerprint density at radius 3 is 2.33 bits per heavy atom. The lowest BCUT2D eigenvalue weighted by atomic mass is 9.91. The van der Waals surface area contributed by atoms with Gasteiger partial charge in [0.25, 0.3) is 0 Å². The highest BCUT2D eigenvalue weighted by Crippen LogP contribution is 2.27. The van der Waals surface area contributed by atoms with E-state index in [-0.39, 0.29) is 12.3 Å². The van der Waals surface area contributed by atoms with Crippen molar-refractivity contribution in [2.75, 3.05) is 11.5 Å². The highest BCUT2D eigenvalue weighted by Gasteiger charge is 2.41. The number of carboxylic acids is 1. The molecule has 1 fully saturated rings. The summed E-state index contributed by atoms with van der Waals surface area (Å²) >= 11 is 1.74. The van der Waals surface area contributed by atoms with E-state index in [0.717, 1.165) is 28.2 Å². The number of nitrogens with one attached hydrogen (secondary N) is 1. The van der Waals surface area contributed by atoms with Gasteiger partial charge in [-0.3, -0.25) is 4.79 Å². The first-order valence-electron chi connectivity index (χ1n) is 7.12. The van der Waals surface area contributed by atoms with Crippen molar-refractivity contribution in [2.45, 2.75) is 38.6 Å². The van der Waals surface area contributed by atoms with Gasteiger partial charge in [0, 0.05) is 0 Å². The highest BCUT2D eigenvalue weighted by atomic mass is 32.2. The van der Waals surface area contributed by atoms with Crippen LogP contribution in [-0.4, -0.2) is 34.0 Å². The van der Waals surface area contributed by atoms with E-state index in [1.54, 1.807) is 11.8 Å². The number of benzene rings is 1. The molecule has 4 nitrogen and oxygen atoms in total. The second kappa shape index (κ2) is 6.52. The highest BCUT2D eigenvalue weighted by molar-refractivity contribution is 7.99. The van der Waals surface area contributed by atoms with E-state index in [4.69, 9.17) is 0 Å². The Kier molecular flexibility index (Phi) is 4.93. The van der Waals surface area contributed by atoms with Crippen molar-refractivity contribution < 1.29 is 14.7 Å². The number of thioether (sulfide) groups is 1. The molecule has 1 aliphatic rings. The molecule has 5 heteroatoms. The first kappa shape index (κ1) is 15.9. The zero-order chi connectivity index (χ0) is 15.5. The molecule has 0 radical (unpaired) electrons. The zero-order valence-electron chi connectivity index (χ0n) is 12.4. The third-order valence-electron chi connectivity index (χ3n) is 4.12. The van der Waals surface area contributed by atoms with Gasteiger partial charge < -0.3 is 10.4 Å². The van der Waals surface area contributed by atoms with E-state index < -0.39 is 11.5 Å². The summed E-state index contributed by atoms with van der Waals surface area (Å²) in [6, 6.07) is 5.91. The van der Waals surface area contributed by atoms with E-state index in [1.165, 1.54) is 0 Å². The Morgan fingerprint density at radius 2 is 1.81 bits per heavy atom. The maximum atomic E-state index is 12.3. The molecule has 114 valence electrons. The van der Waals surface area contributed by atoms with Crippen LogP contribution in [0.5, 0.6) is 0 Å². The summed E-state index contributed by atoms with van der Waals surface area (Å²) in [6.07, 6.45) is 1.22. The number of hydrogen-bond acceptors (Lipinski definition) is 3. The number of aliphatic carboxylic acids is 1. The molecule has 0 spiro atoms. The predicted molar refractivity (Wildman–Crippen MR) is 84.7 cm³/mol. The molecule has 1 amide bonds. The monoisotopic (exact) mass is 307 g/mol. The summed E-state index contributed by atoms with van der Waals surface area (Å²) in [7, 11) is 0. The van der Waals surface area contributed by atoms with E-state index >= 15 is 0 Å². The Bertz CT molecular complexity index is 530. The molecule has 1 saturated heterocycles. The molecule has 0 saturated carbocycles. The summed E-state index contributed by atoms with van der Waals surface area (Å²) < 4.78 is 0. The number of hydrogen-bond donors (Lipinski definition) is 2. The van der Waals surface area contributed by atoms with Gasteiger partial charge in [0.2, 0.25) is 5.91 Å². The fourth-order valence-corrected chi connectivity index (χ4v) is 3.90. The maximum Gasteiger partial charge on any atom is 0.329 e. The van der Waals surface area contributed by atoms with Gasteiger partial charge in [-0.15, -0.1) is 0 Å². The summed E-state index contributed by atoms with van der Waals surface area (Å²) in [5.74, 6) is 0.422. The number of carbonyl (C=O) groups is 2. The van der Waals surface area contributed by atoms with Gasteiger partial charge in [0.15, 0.2) is 0 Å². The quantitative estimate of drug-likeness (QED) is 0.896. The summed E-state index contributed by atoms with van der Waals surface area (Å²) in [5, 5.41) is 12.3. The van der Waals surface area contributed by atoms with Crippen molar-refractivity contribution in [2.24, 2.45) is 0 Å². The van der Waals surface area contributed by atoms with Crippen LogP contribution in [0, 0.1) is 13.8 Å². The van der Waals surface area contributed by atoms with Crippen molar-refractivity contribution in [3.63, 3.8) is 0 Å². The number of carboxylic acid groups (broad SMARTS) is 1. The van der Waals surface area contributed by atoms with E-state index in [9.17, 15) is 14.7 Å². The molecular formula is C16H21NO3S. The number of rotatable bonds is 4. The fourth-order valence-electron chi connectivity index (χ4n) is 2.71. The molecule has 0 aromatic heterocycles. The molecule has 0 unspecified atom stereocenters. The van der Waals surface area contributed by atoms with Gasteiger partial charge in [-0.2, -0.15) is 11.8 Å². The lowest BCUT2D eigenvalue weighted by Gasteiger charge is -2.33. The standard InChI is InChI=1S/C16H21NO3S/c1-11-4-3-5-12(2)13(11)10-14(18)17-16(15(19)20)6-8-21-9-7-16/h3-5H,6-10H2,1-2H3,(H,17,18)(H,19,20). The van der Waals surface area contributed by atoms with Gasteiger partial charge in [-0.05, 0) is 54.9 Å². The Balaban J connectivity index is 2.11. The van der Waals surface area contributed by atoms with Crippen LogP contribution in [0.25, 0.3) is 0 Å². The fraction of sp³-hybridized carbons (Fsp3) is 0.500. The zero-order valence-corrected chi connectivity index (χ0v) is 13.3. The van der Waals surface area contributed by atoms with Gasteiger partial charge in [0.1, 0.15) is 5.54 Å². The largest absolute Gasteiger partial charge is 0.480 e. The Hall–Kier alpha value is -1.49. The van der Waals surface area contributed by atoms with Crippen molar-refractivity contribution in [3.05, 3.63) is 34.9 Å². The average Bonchev–Trinajstić information content (AvgIpc) is 2.44. The molecule has 2 rings (SSSR count). The summed E-state index contributed by atoms with van der Waals surface area (Å²) in [6.45, 7) is 3.94. The predicted octanol–water partition coefficient (Wildman–Crippen LogP) is 2.31. The van der Waals surface area contributed by atoms with Crippen LogP contribution in [0.1, 0.15) is 29.5 Å². The molecule has 1 heterocycles. The van der Waals surface area contributed by atoms with Crippen LogP contribution >= 0.6 is 11.8 Å². The number of carbonyl (C=O) groups excluding carboxylic acids is 1. The van der Waals surface area contributed by atoms with Gasteiger partial charge in [-0.1, -0.05) is 18.2 Å². The lowest BCUT2D eigenvalue weighted by Crippen LogP contribution is -2.56. The van der Waals surface area contributed by atoms with Crippen molar-refractivity contribution in [3.8, 4) is 0 Å². The average molecular weight is 307 g/mol. The smallest absolute Gasteiger partial charge is 0.329 e. The molecule has 0 bridgehead atoms.